The molecule has 1 unspecified atom stereocenters. The molecule has 0 aliphatic rings. The zero-order valence-corrected chi connectivity index (χ0v) is 8.58. The van der Waals surface area contributed by atoms with E-state index in [0.29, 0.717) is 13.0 Å². The second-order valence-corrected chi connectivity index (χ2v) is 3.10. The minimum Gasteiger partial charge on any atom is -0.370 e. The molecule has 86 valence electrons. The standard InChI is InChI=1S/C8H16N4O3/c1-5(7(14)12-8(10)15)11-4-2-3-6(9)13/h5,11H,2-4H2,1H3,(H2,9,13)(H3,10,12,14,15). The number of imide groups is 1. The van der Waals surface area contributed by atoms with Gasteiger partial charge in [0.15, 0.2) is 0 Å². The zero-order valence-electron chi connectivity index (χ0n) is 8.58. The lowest BCUT2D eigenvalue weighted by atomic mass is 10.2. The summed E-state index contributed by atoms with van der Waals surface area (Å²) >= 11 is 0. The number of amides is 4. The summed E-state index contributed by atoms with van der Waals surface area (Å²) in [6.45, 7) is 2.05. The Morgan fingerprint density at radius 1 is 1.27 bits per heavy atom. The van der Waals surface area contributed by atoms with Crippen molar-refractivity contribution in [2.45, 2.75) is 25.8 Å². The molecule has 0 aromatic rings. The molecule has 1 atom stereocenters. The van der Waals surface area contributed by atoms with E-state index in [0.717, 1.165) is 0 Å². The van der Waals surface area contributed by atoms with E-state index in [9.17, 15) is 14.4 Å². The lowest BCUT2D eigenvalue weighted by molar-refractivity contribution is -0.121. The van der Waals surface area contributed by atoms with Crippen LogP contribution in [0.25, 0.3) is 0 Å². The lowest BCUT2D eigenvalue weighted by Crippen LogP contribution is -2.46. The van der Waals surface area contributed by atoms with Crippen LogP contribution in [-0.4, -0.2) is 30.4 Å². The van der Waals surface area contributed by atoms with Crippen molar-refractivity contribution >= 4 is 17.8 Å². The molecule has 4 amide bonds. The number of nitrogens with one attached hydrogen (secondary N) is 2. The molecule has 0 aromatic heterocycles. The van der Waals surface area contributed by atoms with Crippen molar-refractivity contribution in [3.8, 4) is 0 Å². The largest absolute Gasteiger partial charge is 0.370 e. The Labute approximate surface area is 87.6 Å². The van der Waals surface area contributed by atoms with Crippen molar-refractivity contribution in [1.82, 2.24) is 10.6 Å². The van der Waals surface area contributed by atoms with Crippen LogP contribution in [0.15, 0.2) is 0 Å². The molecule has 6 N–H and O–H groups in total. The molecular weight excluding hydrogens is 200 g/mol. The van der Waals surface area contributed by atoms with Gasteiger partial charge in [0.1, 0.15) is 0 Å². The highest BCUT2D eigenvalue weighted by molar-refractivity contribution is 5.96. The Bertz CT molecular complexity index is 254. The van der Waals surface area contributed by atoms with Crippen molar-refractivity contribution in [1.29, 1.82) is 0 Å². The number of urea groups is 1. The van der Waals surface area contributed by atoms with Gasteiger partial charge in [-0.05, 0) is 19.9 Å². The Kier molecular flexibility index (Phi) is 6.03. The van der Waals surface area contributed by atoms with Crippen molar-refractivity contribution in [2.24, 2.45) is 11.5 Å². The molecule has 0 saturated heterocycles. The minimum atomic E-state index is -0.884. The van der Waals surface area contributed by atoms with E-state index in [1.54, 1.807) is 6.92 Å². The number of carbonyl (C=O) groups excluding carboxylic acids is 3. The van der Waals surface area contributed by atoms with Gasteiger partial charge in [0, 0.05) is 6.42 Å². The van der Waals surface area contributed by atoms with Gasteiger partial charge in [-0.1, -0.05) is 0 Å². The molecule has 0 aromatic carbocycles. The number of hydrogen-bond donors (Lipinski definition) is 4. The Morgan fingerprint density at radius 3 is 2.33 bits per heavy atom. The van der Waals surface area contributed by atoms with E-state index in [4.69, 9.17) is 11.5 Å². The van der Waals surface area contributed by atoms with Gasteiger partial charge in [-0.25, -0.2) is 4.79 Å². The van der Waals surface area contributed by atoms with E-state index < -0.39 is 18.0 Å². The Balaban J connectivity index is 3.64. The van der Waals surface area contributed by atoms with Gasteiger partial charge in [-0.3, -0.25) is 14.9 Å². The third-order valence-corrected chi connectivity index (χ3v) is 1.69. The first-order valence-corrected chi connectivity index (χ1v) is 4.55. The molecule has 0 aliphatic carbocycles. The maximum absolute atomic E-state index is 11.1. The number of primary amides is 2. The highest BCUT2D eigenvalue weighted by Crippen LogP contribution is 1.87. The van der Waals surface area contributed by atoms with Gasteiger partial charge in [-0.2, -0.15) is 0 Å². The first kappa shape index (κ1) is 13.4. The molecular formula is C8H16N4O3. The Hall–Kier alpha value is -1.63. The summed E-state index contributed by atoms with van der Waals surface area (Å²) in [5.41, 5.74) is 9.69. The summed E-state index contributed by atoms with van der Waals surface area (Å²) in [6, 6.07) is -1.42. The van der Waals surface area contributed by atoms with Crippen LogP contribution in [0.4, 0.5) is 4.79 Å². The van der Waals surface area contributed by atoms with E-state index in [2.05, 4.69) is 5.32 Å². The molecule has 0 heterocycles. The molecule has 0 bridgehead atoms. The van der Waals surface area contributed by atoms with E-state index in [1.165, 1.54) is 0 Å². The maximum atomic E-state index is 11.1. The predicted octanol–water partition coefficient (Wildman–Crippen LogP) is -1.58. The Morgan fingerprint density at radius 2 is 1.87 bits per heavy atom. The smallest absolute Gasteiger partial charge is 0.318 e. The van der Waals surface area contributed by atoms with Gasteiger partial charge >= 0.3 is 6.03 Å². The van der Waals surface area contributed by atoms with Crippen LogP contribution in [0.2, 0.25) is 0 Å². The first-order chi connectivity index (χ1) is 6.93. The topological polar surface area (TPSA) is 127 Å². The van der Waals surface area contributed by atoms with Crippen LogP contribution < -0.4 is 22.1 Å². The highest BCUT2D eigenvalue weighted by atomic mass is 16.2. The molecule has 7 heteroatoms. The first-order valence-electron chi connectivity index (χ1n) is 4.55. The summed E-state index contributed by atoms with van der Waals surface area (Å²) in [6.07, 6.45) is 0.806. The number of hydrogen-bond acceptors (Lipinski definition) is 4. The van der Waals surface area contributed by atoms with Crippen molar-refractivity contribution < 1.29 is 14.4 Å². The molecule has 0 spiro atoms. The fourth-order valence-corrected chi connectivity index (χ4v) is 0.904. The fourth-order valence-electron chi connectivity index (χ4n) is 0.904. The second-order valence-electron chi connectivity index (χ2n) is 3.10. The van der Waals surface area contributed by atoms with Gasteiger partial charge in [0.2, 0.25) is 11.8 Å². The monoisotopic (exact) mass is 216 g/mol. The fraction of sp³-hybridized carbons (Fsp3) is 0.625. The zero-order chi connectivity index (χ0) is 11.8. The normalized spacial score (nSPS) is 11.8. The summed E-state index contributed by atoms with van der Waals surface area (Å²) in [7, 11) is 0. The van der Waals surface area contributed by atoms with Crippen LogP contribution in [-0.2, 0) is 9.59 Å². The van der Waals surface area contributed by atoms with Crippen molar-refractivity contribution in [2.75, 3.05) is 6.54 Å². The summed E-state index contributed by atoms with van der Waals surface area (Å²) in [4.78, 5) is 31.8. The van der Waals surface area contributed by atoms with Gasteiger partial charge in [0.25, 0.3) is 0 Å². The quantitative estimate of drug-likeness (QED) is 0.400. The third-order valence-electron chi connectivity index (χ3n) is 1.69. The van der Waals surface area contributed by atoms with Crippen molar-refractivity contribution in [3.63, 3.8) is 0 Å². The molecule has 15 heavy (non-hydrogen) atoms. The van der Waals surface area contributed by atoms with Crippen LogP contribution in [0.1, 0.15) is 19.8 Å². The van der Waals surface area contributed by atoms with Crippen LogP contribution in [0.5, 0.6) is 0 Å². The average molecular weight is 216 g/mol. The molecule has 0 rings (SSSR count). The second kappa shape index (κ2) is 6.77. The van der Waals surface area contributed by atoms with E-state index >= 15 is 0 Å². The molecule has 0 aliphatic heterocycles. The predicted molar refractivity (Wildman–Crippen MR) is 53.6 cm³/mol. The van der Waals surface area contributed by atoms with Gasteiger partial charge < -0.3 is 16.8 Å². The third kappa shape index (κ3) is 7.44. The minimum absolute atomic E-state index is 0.261. The van der Waals surface area contributed by atoms with E-state index in [-0.39, 0.29) is 12.3 Å². The van der Waals surface area contributed by atoms with Crippen LogP contribution in [0, 0.1) is 0 Å². The number of carbonyl (C=O) groups is 3. The SMILES string of the molecule is CC(NCCCC(N)=O)C(=O)NC(N)=O. The lowest BCUT2D eigenvalue weighted by Gasteiger charge is -2.11. The average Bonchev–Trinajstić information content (AvgIpc) is 2.10. The summed E-state index contributed by atoms with van der Waals surface area (Å²) < 4.78 is 0. The molecule has 0 saturated carbocycles. The summed E-state index contributed by atoms with van der Waals surface area (Å²) in [5.74, 6) is -0.882. The number of nitrogens with two attached hydrogens (primary N) is 2. The van der Waals surface area contributed by atoms with Gasteiger partial charge in [-0.15, -0.1) is 0 Å². The molecule has 0 radical (unpaired) electrons. The van der Waals surface area contributed by atoms with E-state index in [1.807, 2.05) is 5.32 Å². The molecule has 7 nitrogen and oxygen atoms in total. The van der Waals surface area contributed by atoms with Crippen molar-refractivity contribution in [3.05, 3.63) is 0 Å². The molecule has 0 fully saturated rings. The number of rotatable bonds is 6. The van der Waals surface area contributed by atoms with Crippen LogP contribution in [0.3, 0.4) is 0 Å². The maximum Gasteiger partial charge on any atom is 0.318 e. The van der Waals surface area contributed by atoms with Crippen LogP contribution >= 0.6 is 0 Å². The summed E-state index contributed by atoms with van der Waals surface area (Å²) in [5, 5.41) is 4.75. The highest BCUT2D eigenvalue weighted by Gasteiger charge is 2.12. The van der Waals surface area contributed by atoms with Gasteiger partial charge in [0.05, 0.1) is 6.04 Å².